The zero-order chi connectivity index (χ0) is 12.5. The maximum absolute atomic E-state index is 4.12. The van der Waals surface area contributed by atoms with Gasteiger partial charge in [0.1, 0.15) is 0 Å². The van der Waals surface area contributed by atoms with Crippen LogP contribution in [0.2, 0.25) is 0 Å². The number of hydrogen-bond donors (Lipinski definition) is 1. The fourth-order valence-electron chi connectivity index (χ4n) is 2.15. The Morgan fingerprint density at radius 2 is 2.00 bits per heavy atom. The molecule has 0 amide bonds. The summed E-state index contributed by atoms with van der Waals surface area (Å²) in [5.74, 6) is 0.874. The lowest BCUT2D eigenvalue weighted by Gasteiger charge is -2.11. The lowest BCUT2D eigenvalue weighted by Crippen LogP contribution is -2.19. The SMILES string of the molecule is Cc1cccc(C)c1-n1nnnc1CNC1CC1. The molecule has 5 nitrogen and oxygen atoms in total. The van der Waals surface area contributed by atoms with Crippen LogP contribution in [0.25, 0.3) is 5.69 Å². The van der Waals surface area contributed by atoms with Gasteiger partial charge in [-0.05, 0) is 48.2 Å². The van der Waals surface area contributed by atoms with Crippen LogP contribution in [0.1, 0.15) is 29.8 Å². The smallest absolute Gasteiger partial charge is 0.170 e. The summed E-state index contributed by atoms with van der Waals surface area (Å²) in [6.45, 7) is 4.90. The number of nitrogens with one attached hydrogen (secondary N) is 1. The highest BCUT2D eigenvalue weighted by Gasteiger charge is 2.21. The Hall–Kier alpha value is -1.75. The number of rotatable bonds is 4. The second-order valence-electron chi connectivity index (χ2n) is 4.90. The molecule has 0 aliphatic heterocycles. The number of benzene rings is 1. The van der Waals surface area contributed by atoms with E-state index in [1.54, 1.807) is 0 Å². The molecule has 94 valence electrons. The molecule has 1 aliphatic rings. The van der Waals surface area contributed by atoms with Gasteiger partial charge in [0.15, 0.2) is 5.82 Å². The molecule has 3 rings (SSSR count). The largest absolute Gasteiger partial charge is 0.307 e. The van der Waals surface area contributed by atoms with Crippen LogP contribution in [-0.4, -0.2) is 26.2 Å². The van der Waals surface area contributed by atoms with E-state index in [1.807, 2.05) is 4.68 Å². The van der Waals surface area contributed by atoms with Crippen LogP contribution in [-0.2, 0) is 6.54 Å². The second-order valence-corrected chi connectivity index (χ2v) is 4.90. The average Bonchev–Trinajstić information content (AvgIpc) is 3.06. The van der Waals surface area contributed by atoms with Gasteiger partial charge < -0.3 is 5.32 Å². The Kier molecular flexibility index (Phi) is 2.83. The van der Waals surface area contributed by atoms with E-state index in [-0.39, 0.29) is 0 Å². The lowest BCUT2D eigenvalue weighted by atomic mass is 10.1. The van der Waals surface area contributed by atoms with Crippen molar-refractivity contribution < 1.29 is 0 Å². The summed E-state index contributed by atoms with van der Waals surface area (Å²) in [5.41, 5.74) is 3.47. The van der Waals surface area contributed by atoms with E-state index in [1.165, 1.54) is 24.0 Å². The predicted octanol–water partition coefficient (Wildman–Crippen LogP) is 1.53. The first-order valence-corrected chi connectivity index (χ1v) is 6.33. The van der Waals surface area contributed by atoms with Gasteiger partial charge in [0.2, 0.25) is 0 Å². The van der Waals surface area contributed by atoms with E-state index in [9.17, 15) is 0 Å². The molecule has 1 aliphatic carbocycles. The van der Waals surface area contributed by atoms with Crippen LogP contribution < -0.4 is 5.32 Å². The molecule has 1 saturated carbocycles. The van der Waals surface area contributed by atoms with E-state index in [4.69, 9.17) is 0 Å². The first-order valence-electron chi connectivity index (χ1n) is 6.33. The van der Waals surface area contributed by atoms with E-state index in [0.29, 0.717) is 6.04 Å². The first-order chi connectivity index (χ1) is 8.75. The zero-order valence-corrected chi connectivity index (χ0v) is 10.7. The molecule has 0 saturated heterocycles. The number of para-hydroxylation sites is 1. The summed E-state index contributed by atoms with van der Waals surface area (Å²) >= 11 is 0. The molecule has 5 heteroatoms. The number of nitrogens with zero attached hydrogens (tertiary/aromatic N) is 4. The average molecular weight is 243 g/mol. The predicted molar refractivity (Wildman–Crippen MR) is 68.5 cm³/mol. The van der Waals surface area contributed by atoms with Gasteiger partial charge in [-0.25, -0.2) is 0 Å². The van der Waals surface area contributed by atoms with Crippen LogP contribution >= 0.6 is 0 Å². The minimum atomic E-state index is 0.660. The maximum atomic E-state index is 4.12. The van der Waals surface area contributed by atoms with Gasteiger partial charge in [-0.15, -0.1) is 5.10 Å². The number of tetrazole rings is 1. The Bertz CT molecular complexity index is 536. The Balaban J connectivity index is 1.93. The first kappa shape index (κ1) is 11.3. The number of aryl methyl sites for hydroxylation is 2. The van der Waals surface area contributed by atoms with Crippen molar-refractivity contribution >= 4 is 0 Å². The van der Waals surface area contributed by atoms with Crippen molar-refractivity contribution in [1.29, 1.82) is 0 Å². The third kappa shape index (κ3) is 2.13. The van der Waals surface area contributed by atoms with Crippen LogP contribution in [0.15, 0.2) is 18.2 Å². The molecule has 1 heterocycles. The van der Waals surface area contributed by atoms with Crippen molar-refractivity contribution in [3.63, 3.8) is 0 Å². The van der Waals surface area contributed by atoms with Crippen molar-refractivity contribution in [3.05, 3.63) is 35.2 Å². The second kappa shape index (κ2) is 4.49. The molecule has 1 fully saturated rings. The Morgan fingerprint density at radius 1 is 1.28 bits per heavy atom. The van der Waals surface area contributed by atoms with E-state index < -0.39 is 0 Å². The number of aromatic nitrogens is 4. The van der Waals surface area contributed by atoms with E-state index in [0.717, 1.165) is 18.1 Å². The molecule has 18 heavy (non-hydrogen) atoms. The van der Waals surface area contributed by atoms with Gasteiger partial charge in [0, 0.05) is 6.04 Å². The normalized spacial score (nSPS) is 15.0. The van der Waals surface area contributed by atoms with Crippen molar-refractivity contribution in [2.45, 2.75) is 39.3 Å². The third-order valence-electron chi connectivity index (χ3n) is 3.31. The van der Waals surface area contributed by atoms with Gasteiger partial charge in [-0.1, -0.05) is 18.2 Å². The minimum absolute atomic E-state index is 0.660. The minimum Gasteiger partial charge on any atom is -0.307 e. The van der Waals surface area contributed by atoms with Gasteiger partial charge in [-0.2, -0.15) is 4.68 Å². The quantitative estimate of drug-likeness (QED) is 0.884. The highest BCUT2D eigenvalue weighted by molar-refractivity contribution is 5.46. The maximum Gasteiger partial charge on any atom is 0.170 e. The molecule has 1 aromatic heterocycles. The van der Waals surface area contributed by atoms with E-state index in [2.05, 4.69) is 52.9 Å². The molecular weight excluding hydrogens is 226 g/mol. The van der Waals surface area contributed by atoms with Crippen LogP contribution in [0, 0.1) is 13.8 Å². The van der Waals surface area contributed by atoms with Gasteiger partial charge >= 0.3 is 0 Å². The molecule has 0 unspecified atom stereocenters. The highest BCUT2D eigenvalue weighted by Crippen LogP contribution is 2.21. The monoisotopic (exact) mass is 243 g/mol. The standard InChI is InChI=1S/C13H17N5/c1-9-4-3-5-10(2)13(9)18-12(15-16-17-18)8-14-11-6-7-11/h3-5,11,14H,6-8H2,1-2H3. The topological polar surface area (TPSA) is 55.6 Å². The van der Waals surface area contributed by atoms with Crippen molar-refractivity contribution in [3.8, 4) is 5.69 Å². The summed E-state index contributed by atoms with van der Waals surface area (Å²) < 4.78 is 1.85. The summed E-state index contributed by atoms with van der Waals surface area (Å²) in [4.78, 5) is 0. The molecule has 0 atom stereocenters. The van der Waals surface area contributed by atoms with Gasteiger partial charge in [0.25, 0.3) is 0 Å². The number of hydrogen-bond acceptors (Lipinski definition) is 4. The van der Waals surface area contributed by atoms with Gasteiger partial charge in [0.05, 0.1) is 12.2 Å². The molecule has 0 radical (unpaired) electrons. The lowest BCUT2D eigenvalue weighted by molar-refractivity contribution is 0.636. The molecule has 1 N–H and O–H groups in total. The Morgan fingerprint density at radius 3 is 2.67 bits per heavy atom. The molecule has 0 bridgehead atoms. The fraction of sp³-hybridized carbons (Fsp3) is 0.462. The highest BCUT2D eigenvalue weighted by atomic mass is 15.5. The van der Waals surface area contributed by atoms with Crippen molar-refractivity contribution in [2.75, 3.05) is 0 Å². The summed E-state index contributed by atoms with van der Waals surface area (Å²) in [7, 11) is 0. The summed E-state index contributed by atoms with van der Waals surface area (Å²) in [6.07, 6.45) is 2.54. The Labute approximate surface area is 106 Å². The van der Waals surface area contributed by atoms with Crippen LogP contribution in [0.3, 0.4) is 0 Å². The summed E-state index contributed by atoms with van der Waals surface area (Å²) in [6, 6.07) is 6.89. The molecule has 2 aromatic rings. The third-order valence-corrected chi connectivity index (χ3v) is 3.31. The summed E-state index contributed by atoms with van der Waals surface area (Å²) in [5, 5.41) is 15.5. The van der Waals surface area contributed by atoms with Crippen LogP contribution in [0.4, 0.5) is 0 Å². The van der Waals surface area contributed by atoms with Crippen molar-refractivity contribution in [1.82, 2.24) is 25.5 Å². The molecule has 1 aromatic carbocycles. The molecule has 0 spiro atoms. The van der Waals surface area contributed by atoms with Crippen LogP contribution in [0.5, 0.6) is 0 Å². The van der Waals surface area contributed by atoms with E-state index >= 15 is 0 Å². The van der Waals surface area contributed by atoms with Gasteiger partial charge in [-0.3, -0.25) is 0 Å². The fourth-order valence-corrected chi connectivity index (χ4v) is 2.15. The molecular formula is C13H17N5. The van der Waals surface area contributed by atoms with Crippen molar-refractivity contribution in [2.24, 2.45) is 0 Å². The zero-order valence-electron chi connectivity index (χ0n) is 10.7.